The number of nitrogens with two attached hydrogens (primary N) is 1. The van der Waals surface area contributed by atoms with Crippen LogP contribution in [0.1, 0.15) is 5.56 Å². The average molecular weight is 190 g/mol. The van der Waals surface area contributed by atoms with Crippen LogP contribution in [0.25, 0.3) is 11.0 Å². The Labute approximate surface area is 83.1 Å². The summed E-state index contributed by atoms with van der Waals surface area (Å²) in [5.74, 6) is 0. The average Bonchev–Trinajstić information content (AvgIpc) is 2.62. The predicted molar refractivity (Wildman–Crippen MR) is 56.7 cm³/mol. The van der Waals surface area contributed by atoms with E-state index in [2.05, 4.69) is 6.07 Å². The molecule has 0 aliphatic rings. The third-order valence-corrected chi connectivity index (χ3v) is 2.31. The minimum absolute atomic E-state index is 0.555. The normalized spacial score (nSPS) is 11.4. The maximum absolute atomic E-state index is 5.53. The summed E-state index contributed by atoms with van der Waals surface area (Å²) in [5.41, 5.74) is 7.65. The Morgan fingerprint density at radius 2 is 2.14 bits per heavy atom. The standard InChI is InChI=1S/C11H14N2O/c1-13(8-12)6-9-7-14-11-5-3-2-4-10(9)11/h2-5,7H,6,8,12H2,1H3. The van der Waals surface area contributed by atoms with Crippen LogP contribution in [0.4, 0.5) is 0 Å². The van der Waals surface area contributed by atoms with Crippen molar-refractivity contribution in [1.82, 2.24) is 4.90 Å². The lowest BCUT2D eigenvalue weighted by Gasteiger charge is -2.11. The molecule has 3 nitrogen and oxygen atoms in total. The molecular weight excluding hydrogens is 176 g/mol. The zero-order valence-electron chi connectivity index (χ0n) is 8.23. The number of hydrogen-bond acceptors (Lipinski definition) is 3. The highest BCUT2D eigenvalue weighted by Gasteiger charge is 2.06. The summed E-state index contributed by atoms with van der Waals surface area (Å²) in [7, 11) is 1.99. The highest BCUT2D eigenvalue weighted by atomic mass is 16.3. The van der Waals surface area contributed by atoms with E-state index in [1.165, 1.54) is 10.9 Å². The molecule has 2 rings (SSSR count). The van der Waals surface area contributed by atoms with Crippen molar-refractivity contribution in [3.63, 3.8) is 0 Å². The Morgan fingerprint density at radius 1 is 1.36 bits per heavy atom. The van der Waals surface area contributed by atoms with Crippen LogP contribution in [-0.2, 0) is 6.54 Å². The molecule has 2 aromatic rings. The minimum Gasteiger partial charge on any atom is -0.464 e. The molecule has 0 spiro atoms. The first kappa shape index (κ1) is 9.24. The van der Waals surface area contributed by atoms with Gasteiger partial charge in [-0.1, -0.05) is 18.2 Å². The second kappa shape index (κ2) is 3.82. The van der Waals surface area contributed by atoms with Gasteiger partial charge in [-0.15, -0.1) is 0 Å². The van der Waals surface area contributed by atoms with E-state index in [9.17, 15) is 0 Å². The molecule has 0 fully saturated rings. The number of fused-ring (bicyclic) bond motifs is 1. The molecule has 1 heterocycles. The summed E-state index contributed by atoms with van der Waals surface area (Å²) in [4.78, 5) is 2.04. The SMILES string of the molecule is CN(CN)Cc1coc2ccccc12. The molecule has 74 valence electrons. The van der Waals surface area contributed by atoms with Crippen molar-refractivity contribution in [2.45, 2.75) is 6.54 Å². The summed E-state index contributed by atoms with van der Waals surface area (Å²) in [6, 6.07) is 8.03. The lowest BCUT2D eigenvalue weighted by atomic mass is 10.2. The quantitative estimate of drug-likeness (QED) is 0.750. The van der Waals surface area contributed by atoms with Crippen LogP contribution < -0.4 is 5.73 Å². The highest BCUT2D eigenvalue weighted by Crippen LogP contribution is 2.21. The number of hydrogen-bond donors (Lipinski definition) is 1. The fourth-order valence-electron chi connectivity index (χ4n) is 1.51. The molecule has 0 amide bonds. The number of benzene rings is 1. The topological polar surface area (TPSA) is 42.4 Å². The fourth-order valence-corrected chi connectivity index (χ4v) is 1.51. The van der Waals surface area contributed by atoms with Crippen molar-refractivity contribution < 1.29 is 4.42 Å². The predicted octanol–water partition coefficient (Wildman–Crippen LogP) is 1.78. The van der Waals surface area contributed by atoms with Gasteiger partial charge in [-0.05, 0) is 13.1 Å². The van der Waals surface area contributed by atoms with Crippen LogP contribution in [0.3, 0.4) is 0 Å². The van der Waals surface area contributed by atoms with Crippen molar-refractivity contribution in [2.75, 3.05) is 13.7 Å². The molecule has 0 radical (unpaired) electrons. The lowest BCUT2D eigenvalue weighted by Crippen LogP contribution is -2.24. The Bertz CT molecular complexity index is 422. The van der Waals surface area contributed by atoms with E-state index in [1.54, 1.807) is 6.26 Å². The molecule has 0 saturated carbocycles. The Morgan fingerprint density at radius 3 is 2.93 bits per heavy atom. The van der Waals surface area contributed by atoms with Gasteiger partial charge in [-0.25, -0.2) is 0 Å². The van der Waals surface area contributed by atoms with Gasteiger partial charge in [0.2, 0.25) is 0 Å². The number of rotatable bonds is 3. The molecule has 2 N–H and O–H groups in total. The van der Waals surface area contributed by atoms with Crippen molar-refractivity contribution in [3.8, 4) is 0 Å². The molecule has 3 heteroatoms. The van der Waals surface area contributed by atoms with Gasteiger partial charge in [0.05, 0.1) is 6.26 Å². The van der Waals surface area contributed by atoms with E-state index in [1.807, 2.05) is 30.1 Å². The van der Waals surface area contributed by atoms with Gasteiger partial charge in [-0.3, -0.25) is 4.90 Å². The first-order valence-corrected chi connectivity index (χ1v) is 4.65. The summed E-state index contributed by atoms with van der Waals surface area (Å²) in [5, 5.41) is 1.17. The first-order chi connectivity index (χ1) is 6.81. The molecule has 1 aromatic carbocycles. The number of nitrogens with zero attached hydrogens (tertiary/aromatic N) is 1. The van der Waals surface area contributed by atoms with Gasteiger partial charge in [0, 0.05) is 24.2 Å². The van der Waals surface area contributed by atoms with E-state index in [0.717, 1.165) is 12.1 Å². The molecule has 0 atom stereocenters. The van der Waals surface area contributed by atoms with E-state index in [-0.39, 0.29) is 0 Å². The summed E-state index contributed by atoms with van der Waals surface area (Å²) in [6.45, 7) is 1.38. The van der Waals surface area contributed by atoms with Gasteiger partial charge < -0.3 is 10.2 Å². The van der Waals surface area contributed by atoms with Crippen LogP contribution in [0, 0.1) is 0 Å². The monoisotopic (exact) mass is 190 g/mol. The van der Waals surface area contributed by atoms with Crippen LogP contribution in [-0.4, -0.2) is 18.6 Å². The smallest absolute Gasteiger partial charge is 0.134 e. The van der Waals surface area contributed by atoms with Gasteiger partial charge in [0.1, 0.15) is 5.58 Å². The third-order valence-electron chi connectivity index (χ3n) is 2.31. The molecule has 1 aromatic heterocycles. The van der Waals surface area contributed by atoms with Gasteiger partial charge >= 0.3 is 0 Å². The molecule has 14 heavy (non-hydrogen) atoms. The lowest BCUT2D eigenvalue weighted by molar-refractivity contribution is 0.337. The van der Waals surface area contributed by atoms with Crippen LogP contribution in [0.15, 0.2) is 34.9 Å². The Balaban J connectivity index is 2.33. The zero-order chi connectivity index (χ0) is 9.97. The highest BCUT2D eigenvalue weighted by molar-refractivity contribution is 5.80. The Hall–Kier alpha value is -1.32. The van der Waals surface area contributed by atoms with Crippen molar-refractivity contribution in [2.24, 2.45) is 5.73 Å². The summed E-state index contributed by atoms with van der Waals surface area (Å²) in [6.07, 6.45) is 1.80. The maximum Gasteiger partial charge on any atom is 0.134 e. The molecule has 0 unspecified atom stereocenters. The molecule has 0 aliphatic heterocycles. The Kier molecular flexibility index (Phi) is 2.52. The summed E-state index contributed by atoms with van der Waals surface area (Å²) < 4.78 is 5.43. The maximum atomic E-state index is 5.53. The first-order valence-electron chi connectivity index (χ1n) is 4.65. The van der Waals surface area contributed by atoms with Gasteiger partial charge in [-0.2, -0.15) is 0 Å². The van der Waals surface area contributed by atoms with E-state index in [4.69, 9.17) is 10.2 Å². The van der Waals surface area contributed by atoms with Crippen molar-refractivity contribution >= 4 is 11.0 Å². The minimum atomic E-state index is 0.555. The van der Waals surface area contributed by atoms with Gasteiger partial charge in [0.15, 0.2) is 0 Å². The molecule has 0 bridgehead atoms. The van der Waals surface area contributed by atoms with E-state index in [0.29, 0.717) is 6.67 Å². The van der Waals surface area contributed by atoms with Crippen molar-refractivity contribution in [1.29, 1.82) is 0 Å². The number of furan rings is 1. The second-order valence-electron chi connectivity index (χ2n) is 3.45. The van der Waals surface area contributed by atoms with Crippen molar-refractivity contribution in [3.05, 3.63) is 36.1 Å². The molecular formula is C11H14N2O. The van der Waals surface area contributed by atoms with E-state index < -0.39 is 0 Å². The third kappa shape index (κ3) is 1.64. The largest absolute Gasteiger partial charge is 0.464 e. The van der Waals surface area contributed by atoms with Crippen LogP contribution >= 0.6 is 0 Å². The second-order valence-corrected chi connectivity index (χ2v) is 3.45. The van der Waals surface area contributed by atoms with E-state index >= 15 is 0 Å². The fraction of sp³-hybridized carbons (Fsp3) is 0.273. The number of para-hydroxylation sites is 1. The molecule has 0 aliphatic carbocycles. The summed E-state index contributed by atoms with van der Waals surface area (Å²) >= 11 is 0. The molecule has 0 saturated heterocycles. The van der Waals surface area contributed by atoms with Gasteiger partial charge in [0.25, 0.3) is 0 Å². The van der Waals surface area contributed by atoms with Crippen LogP contribution in [0.2, 0.25) is 0 Å². The van der Waals surface area contributed by atoms with Crippen LogP contribution in [0.5, 0.6) is 0 Å². The zero-order valence-corrected chi connectivity index (χ0v) is 8.23.